The molecular weight excluding hydrogens is 302 g/mol. The van der Waals surface area contributed by atoms with Gasteiger partial charge < -0.3 is 9.72 Å². The van der Waals surface area contributed by atoms with Crippen LogP contribution in [0.15, 0.2) is 60.7 Å². The zero-order valence-electron chi connectivity index (χ0n) is 13.5. The van der Waals surface area contributed by atoms with Crippen LogP contribution in [0.3, 0.4) is 0 Å². The maximum Gasteiger partial charge on any atom is 0.379 e. The Bertz CT molecular complexity index is 880. The molecule has 0 fully saturated rings. The first-order valence-corrected chi connectivity index (χ1v) is 7.59. The first kappa shape index (κ1) is 15.7. The molecule has 0 radical (unpaired) electrons. The zero-order chi connectivity index (χ0) is 17.1. The number of esters is 1. The van der Waals surface area contributed by atoms with Crippen molar-refractivity contribution in [3.05, 3.63) is 71.9 Å². The van der Waals surface area contributed by atoms with E-state index in [4.69, 9.17) is 0 Å². The van der Waals surface area contributed by atoms with E-state index in [0.29, 0.717) is 11.3 Å². The molecule has 0 saturated carbocycles. The van der Waals surface area contributed by atoms with Gasteiger partial charge in [0.2, 0.25) is 0 Å². The van der Waals surface area contributed by atoms with Crippen molar-refractivity contribution in [2.45, 2.75) is 6.92 Å². The van der Waals surface area contributed by atoms with Gasteiger partial charge in [-0.15, -0.1) is 0 Å². The minimum Gasteiger partial charge on any atom is -0.463 e. The van der Waals surface area contributed by atoms with Crippen molar-refractivity contribution in [1.29, 1.82) is 0 Å². The summed E-state index contributed by atoms with van der Waals surface area (Å²) in [6, 6.07) is 19.3. The summed E-state index contributed by atoms with van der Waals surface area (Å²) in [5.41, 5.74) is 4.34. The van der Waals surface area contributed by atoms with Gasteiger partial charge in [-0.1, -0.05) is 60.7 Å². The molecular formula is C20H17NO3. The van der Waals surface area contributed by atoms with E-state index >= 15 is 0 Å². The number of aryl methyl sites for hydroxylation is 1. The number of ether oxygens (including phenoxy) is 1. The monoisotopic (exact) mass is 319 g/mol. The van der Waals surface area contributed by atoms with Crippen LogP contribution in [-0.2, 0) is 9.53 Å². The van der Waals surface area contributed by atoms with Gasteiger partial charge >= 0.3 is 5.97 Å². The van der Waals surface area contributed by atoms with Crippen molar-refractivity contribution >= 4 is 11.8 Å². The normalized spacial score (nSPS) is 10.4. The van der Waals surface area contributed by atoms with E-state index in [9.17, 15) is 9.59 Å². The largest absolute Gasteiger partial charge is 0.463 e. The number of aromatic amines is 1. The average Bonchev–Trinajstić information content (AvgIpc) is 2.99. The van der Waals surface area contributed by atoms with Gasteiger partial charge in [-0.3, -0.25) is 4.79 Å². The standard InChI is InChI=1S/C20H17NO3/c1-13-16(19(22)20(23)24-2)17(14-9-5-3-6-10-14)18(21-13)15-11-7-4-8-12-15/h3-12,21H,1-2H3. The molecule has 0 aliphatic rings. The predicted molar refractivity (Wildman–Crippen MR) is 92.7 cm³/mol. The first-order chi connectivity index (χ1) is 11.6. The zero-order valence-corrected chi connectivity index (χ0v) is 13.5. The fourth-order valence-electron chi connectivity index (χ4n) is 2.82. The Kier molecular flexibility index (Phi) is 4.29. The van der Waals surface area contributed by atoms with Gasteiger partial charge in [-0.05, 0) is 18.1 Å². The number of methoxy groups -OCH3 is 1. The second-order valence-electron chi connectivity index (χ2n) is 5.43. The van der Waals surface area contributed by atoms with Gasteiger partial charge in [0.1, 0.15) is 0 Å². The van der Waals surface area contributed by atoms with Crippen molar-refractivity contribution in [3.8, 4) is 22.4 Å². The molecule has 0 amide bonds. The molecule has 4 nitrogen and oxygen atoms in total. The Morgan fingerprint density at radius 2 is 1.42 bits per heavy atom. The molecule has 120 valence electrons. The summed E-state index contributed by atoms with van der Waals surface area (Å²) in [5, 5.41) is 0. The molecule has 0 atom stereocenters. The lowest BCUT2D eigenvalue weighted by molar-refractivity contribution is -0.135. The Labute approximate surface area is 140 Å². The molecule has 1 N–H and O–H groups in total. The fourth-order valence-corrected chi connectivity index (χ4v) is 2.82. The number of carbonyl (C=O) groups excluding carboxylic acids is 2. The highest BCUT2D eigenvalue weighted by molar-refractivity contribution is 6.42. The number of hydrogen-bond acceptors (Lipinski definition) is 3. The van der Waals surface area contributed by atoms with E-state index in [1.807, 2.05) is 60.7 Å². The number of Topliss-reactive ketones (excluding diaryl/α,β-unsaturated/α-hetero) is 1. The lowest BCUT2D eigenvalue weighted by Crippen LogP contribution is -2.16. The van der Waals surface area contributed by atoms with Crippen molar-refractivity contribution < 1.29 is 14.3 Å². The fraction of sp³-hybridized carbons (Fsp3) is 0.100. The van der Waals surface area contributed by atoms with Gasteiger partial charge in [0.15, 0.2) is 0 Å². The lowest BCUT2D eigenvalue weighted by atomic mass is 9.95. The topological polar surface area (TPSA) is 59.2 Å². The SMILES string of the molecule is COC(=O)C(=O)c1c(C)[nH]c(-c2ccccc2)c1-c1ccccc1. The predicted octanol–water partition coefficient (Wildman–Crippen LogP) is 4.01. The minimum atomic E-state index is -0.867. The van der Waals surface area contributed by atoms with Gasteiger partial charge in [-0.25, -0.2) is 4.79 Å². The van der Waals surface area contributed by atoms with E-state index in [1.54, 1.807) is 6.92 Å². The van der Waals surface area contributed by atoms with E-state index in [0.717, 1.165) is 22.4 Å². The lowest BCUT2D eigenvalue weighted by Gasteiger charge is -2.07. The van der Waals surface area contributed by atoms with Crippen LogP contribution < -0.4 is 0 Å². The van der Waals surface area contributed by atoms with Crippen LogP contribution >= 0.6 is 0 Å². The molecule has 1 aromatic heterocycles. The molecule has 3 rings (SSSR count). The Morgan fingerprint density at radius 1 is 0.875 bits per heavy atom. The average molecular weight is 319 g/mol. The number of benzene rings is 2. The minimum absolute atomic E-state index is 0.354. The van der Waals surface area contributed by atoms with Gasteiger partial charge in [0, 0.05) is 11.3 Å². The van der Waals surface area contributed by atoms with Gasteiger partial charge in [0.05, 0.1) is 18.4 Å². The van der Waals surface area contributed by atoms with Crippen molar-refractivity contribution in [2.75, 3.05) is 7.11 Å². The van der Waals surface area contributed by atoms with Crippen LogP contribution in [0.25, 0.3) is 22.4 Å². The second-order valence-corrected chi connectivity index (χ2v) is 5.43. The highest BCUT2D eigenvalue weighted by Gasteiger charge is 2.27. The van der Waals surface area contributed by atoms with Crippen molar-refractivity contribution in [3.63, 3.8) is 0 Å². The van der Waals surface area contributed by atoms with Crippen LogP contribution in [0.1, 0.15) is 16.1 Å². The molecule has 4 heteroatoms. The number of hydrogen-bond donors (Lipinski definition) is 1. The van der Waals surface area contributed by atoms with Crippen molar-refractivity contribution in [2.24, 2.45) is 0 Å². The van der Waals surface area contributed by atoms with E-state index in [-0.39, 0.29) is 0 Å². The van der Waals surface area contributed by atoms with Gasteiger partial charge in [0.25, 0.3) is 5.78 Å². The molecule has 3 aromatic rings. The molecule has 24 heavy (non-hydrogen) atoms. The van der Waals surface area contributed by atoms with Crippen LogP contribution in [0.2, 0.25) is 0 Å². The first-order valence-electron chi connectivity index (χ1n) is 7.59. The summed E-state index contributed by atoms with van der Waals surface area (Å²) in [7, 11) is 1.21. The van der Waals surface area contributed by atoms with Crippen LogP contribution in [0.4, 0.5) is 0 Å². The summed E-state index contributed by atoms with van der Waals surface area (Å²) >= 11 is 0. The third-order valence-corrected chi connectivity index (χ3v) is 3.91. The molecule has 0 spiro atoms. The second kappa shape index (κ2) is 6.54. The molecule has 0 bridgehead atoms. The van der Waals surface area contributed by atoms with E-state index < -0.39 is 11.8 Å². The third-order valence-electron chi connectivity index (χ3n) is 3.91. The molecule has 1 heterocycles. The molecule has 0 unspecified atom stereocenters. The van der Waals surface area contributed by atoms with Gasteiger partial charge in [-0.2, -0.15) is 0 Å². The Hall–Kier alpha value is -3.14. The number of rotatable bonds is 4. The maximum absolute atomic E-state index is 12.5. The number of aromatic nitrogens is 1. The van der Waals surface area contributed by atoms with Crippen LogP contribution in [0.5, 0.6) is 0 Å². The number of H-pyrrole nitrogens is 1. The third kappa shape index (κ3) is 2.74. The quantitative estimate of drug-likeness (QED) is 0.449. The van der Waals surface area contributed by atoms with Crippen LogP contribution in [0, 0.1) is 6.92 Å². The summed E-state index contributed by atoms with van der Waals surface area (Å²) in [5.74, 6) is -1.51. The summed E-state index contributed by atoms with van der Waals surface area (Å²) in [6.45, 7) is 1.79. The highest BCUT2D eigenvalue weighted by Crippen LogP contribution is 2.36. The van der Waals surface area contributed by atoms with Crippen molar-refractivity contribution in [1.82, 2.24) is 4.98 Å². The molecule has 0 aliphatic heterocycles. The highest BCUT2D eigenvalue weighted by atomic mass is 16.5. The Balaban J connectivity index is 2.29. The van der Waals surface area contributed by atoms with E-state index in [1.165, 1.54) is 7.11 Å². The summed E-state index contributed by atoms with van der Waals surface area (Å²) < 4.78 is 4.62. The number of nitrogens with one attached hydrogen (secondary N) is 1. The smallest absolute Gasteiger partial charge is 0.379 e. The maximum atomic E-state index is 12.5. The number of ketones is 1. The number of carbonyl (C=O) groups is 2. The molecule has 2 aromatic carbocycles. The molecule has 0 saturated heterocycles. The molecule has 0 aliphatic carbocycles. The summed E-state index contributed by atoms with van der Waals surface area (Å²) in [4.78, 5) is 27.6. The van der Waals surface area contributed by atoms with E-state index in [2.05, 4.69) is 9.72 Å². The van der Waals surface area contributed by atoms with Crippen LogP contribution in [-0.4, -0.2) is 23.8 Å². The Morgan fingerprint density at radius 3 is 1.96 bits per heavy atom. The summed E-state index contributed by atoms with van der Waals surface area (Å²) in [6.07, 6.45) is 0.